The summed E-state index contributed by atoms with van der Waals surface area (Å²) >= 11 is 0. The molecule has 12 heavy (non-hydrogen) atoms. The highest BCUT2D eigenvalue weighted by Gasteiger charge is 1.98. The van der Waals surface area contributed by atoms with Crippen LogP contribution in [-0.4, -0.2) is 11.1 Å². The number of azide groups is 1. The first-order valence-electron chi connectivity index (χ1n) is 3.00. The molecule has 1 aromatic heterocycles. The number of nitrogens with zero attached hydrogens (tertiary/aromatic N) is 4. The van der Waals surface area contributed by atoms with E-state index >= 15 is 0 Å². The monoisotopic (exact) mass is 164 g/mol. The highest BCUT2D eigenvalue weighted by molar-refractivity contribution is 5.70. The second-order valence-electron chi connectivity index (χ2n) is 1.74. The number of rotatable bonds is 1. The minimum atomic E-state index is -0.983. The van der Waals surface area contributed by atoms with E-state index in [1.54, 1.807) is 0 Å². The normalized spacial score (nSPS) is 8.33. The lowest BCUT2D eigenvalue weighted by Gasteiger charge is -1.96. The molecule has 1 rings (SSSR count). The van der Waals surface area contributed by atoms with Crippen molar-refractivity contribution in [3.05, 3.63) is 35.0 Å². The van der Waals surface area contributed by atoms with E-state index in [0.717, 1.165) is 0 Å². The molecule has 0 spiro atoms. The van der Waals surface area contributed by atoms with Gasteiger partial charge in [-0.1, -0.05) is 0 Å². The summed E-state index contributed by atoms with van der Waals surface area (Å²) in [6.07, 6.45) is 1.93. The van der Waals surface area contributed by atoms with Gasteiger partial charge in [0.25, 0.3) is 0 Å². The van der Waals surface area contributed by atoms with E-state index < -0.39 is 6.09 Å². The third-order valence-corrected chi connectivity index (χ3v) is 0.981. The second kappa shape index (κ2) is 3.95. The van der Waals surface area contributed by atoms with Gasteiger partial charge in [-0.25, -0.2) is 4.79 Å². The predicted octanol–water partition coefficient (Wildman–Crippen LogP) is 1.89. The van der Waals surface area contributed by atoms with Gasteiger partial charge in [-0.05, 0) is 17.7 Å². The van der Waals surface area contributed by atoms with Crippen molar-refractivity contribution in [2.24, 2.45) is 5.11 Å². The average Bonchev–Trinajstić information content (AvgIpc) is 2.06. The van der Waals surface area contributed by atoms with Gasteiger partial charge < -0.3 is 4.74 Å². The standard InChI is InChI=1S/C6H4N4O2/c7-10-9-6(11)12-5-1-3-8-4-2-5/h1-4H. The van der Waals surface area contributed by atoms with Gasteiger partial charge in [0.05, 0.1) is 0 Å². The molecule has 0 aromatic carbocycles. The minimum absolute atomic E-state index is 0.294. The fourth-order valence-electron chi connectivity index (χ4n) is 0.564. The molecule has 60 valence electrons. The maximum absolute atomic E-state index is 10.5. The minimum Gasteiger partial charge on any atom is -0.422 e. The molecule has 0 radical (unpaired) electrons. The molecule has 0 aliphatic rings. The number of carbonyl (C=O) groups excluding carboxylic acids is 1. The Bertz CT molecular complexity index is 318. The van der Waals surface area contributed by atoms with Crippen molar-refractivity contribution in [1.29, 1.82) is 0 Å². The summed E-state index contributed by atoms with van der Waals surface area (Å²) in [7, 11) is 0. The number of hydrogen-bond donors (Lipinski definition) is 0. The number of ether oxygens (including phenoxy) is 1. The Labute approximate surface area is 67.4 Å². The quantitative estimate of drug-likeness (QED) is 0.360. The van der Waals surface area contributed by atoms with Gasteiger partial charge in [0, 0.05) is 22.4 Å². The zero-order valence-electron chi connectivity index (χ0n) is 5.91. The molecule has 1 aromatic rings. The van der Waals surface area contributed by atoms with Gasteiger partial charge in [-0.2, -0.15) is 0 Å². The zero-order valence-corrected chi connectivity index (χ0v) is 5.91. The third kappa shape index (κ3) is 2.28. The van der Waals surface area contributed by atoms with Crippen molar-refractivity contribution in [2.45, 2.75) is 0 Å². The molecule has 1 heterocycles. The summed E-state index contributed by atoms with van der Waals surface area (Å²) in [6.45, 7) is 0. The fourth-order valence-corrected chi connectivity index (χ4v) is 0.564. The fraction of sp³-hybridized carbons (Fsp3) is 0. The summed E-state index contributed by atoms with van der Waals surface area (Å²) < 4.78 is 4.56. The van der Waals surface area contributed by atoms with Crippen molar-refractivity contribution in [2.75, 3.05) is 0 Å². The summed E-state index contributed by atoms with van der Waals surface area (Å²) in [5.41, 5.74) is 7.86. The Balaban J connectivity index is 2.64. The summed E-state index contributed by atoms with van der Waals surface area (Å²) in [4.78, 5) is 16.5. The van der Waals surface area contributed by atoms with Crippen LogP contribution in [0.4, 0.5) is 4.79 Å². The number of pyridine rings is 1. The van der Waals surface area contributed by atoms with E-state index in [4.69, 9.17) is 5.53 Å². The van der Waals surface area contributed by atoms with Crippen LogP contribution < -0.4 is 4.74 Å². The van der Waals surface area contributed by atoms with Gasteiger partial charge in [0.2, 0.25) is 0 Å². The van der Waals surface area contributed by atoms with Crippen LogP contribution in [0.1, 0.15) is 0 Å². The van der Waals surface area contributed by atoms with Crippen LogP contribution in [0.3, 0.4) is 0 Å². The van der Waals surface area contributed by atoms with E-state index in [9.17, 15) is 4.79 Å². The van der Waals surface area contributed by atoms with E-state index in [2.05, 4.69) is 19.7 Å². The number of hydrogen-bond acceptors (Lipinski definition) is 3. The van der Waals surface area contributed by atoms with Crippen molar-refractivity contribution < 1.29 is 9.53 Å². The topological polar surface area (TPSA) is 88.0 Å². The van der Waals surface area contributed by atoms with Crippen LogP contribution in [0.25, 0.3) is 10.4 Å². The Hall–Kier alpha value is -2.07. The number of carbonyl (C=O) groups is 1. The highest BCUT2D eigenvalue weighted by Crippen LogP contribution is 2.07. The van der Waals surface area contributed by atoms with Gasteiger partial charge in [-0.15, -0.1) is 0 Å². The molecular formula is C6H4N4O2. The molecule has 6 nitrogen and oxygen atoms in total. The van der Waals surface area contributed by atoms with E-state index in [-0.39, 0.29) is 0 Å². The van der Waals surface area contributed by atoms with Crippen LogP contribution in [-0.2, 0) is 0 Å². The number of amides is 1. The number of aromatic nitrogens is 1. The Kier molecular flexibility index (Phi) is 2.64. The van der Waals surface area contributed by atoms with Crippen LogP contribution in [0.15, 0.2) is 29.6 Å². The van der Waals surface area contributed by atoms with Gasteiger partial charge in [0.1, 0.15) is 5.75 Å². The Morgan fingerprint density at radius 3 is 2.83 bits per heavy atom. The molecule has 6 heteroatoms. The molecule has 0 bridgehead atoms. The zero-order chi connectivity index (χ0) is 8.81. The summed E-state index contributed by atoms with van der Waals surface area (Å²) in [6, 6.07) is 2.95. The second-order valence-corrected chi connectivity index (χ2v) is 1.74. The lowest BCUT2D eigenvalue weighted by molar-refractivity contribution is 0.211. The van der Waals surface area contributed by atoms with Crippen LogP contribution >= 0.6 is 0 Å². The first kappa shape index (κ1) is 8.03. The molecule has 0 atom stereocenters. The highest BCUT2D eigenvalue weighted by atomic mass is 16.5. The van der Waals surface area contributed by atoms with Crippen molar-refractivity contribution in [3.8, 4) is 5.75 Å². The molecule has 0 aliphatic carbocycles. The van der Waals surface area contributed by atoms with Gasteiger partial charge >= 0.3 is 6.09 Å². The Morgan fingerprint density at radius 2 is 2.25 bits per heavy atom. The smallest absolute Gasteiger partial charge is 0.402 e. The van der Waals surface area contributed by atoms with Gasteiger partial charge in [-0.3, -0.25) is 4.98 Å². The largest absolute Gasteiger partial charge is 0.422 e. The SMILES string of the molecule is [N-]=[N+]=NC(=O)Oc1ccncc1. The third-order valence-electron chi connectivity index (χ3n) is 0.981. The van der Waals surface area contributed by atoms with E-state index in [1.165, 1.54) is 24.5 Å². The maximum Gasteiger partial charge on any atom is 0.402 e. The lowest BCUT2D eigenvalue weighted by Crippen LogP contribution is -1.99. The van der Waals surface area contributed by atoms with Crippen LogP contribution in [0, 0.1) is 0 Å². The molecule has 0 saturated heterocycles. The molecule has 0 saturated carbocycles. The molecular weight excluding hydrogens is 160 g/mol. The van der Waals surface area contributed by atoms with Crippen LogP contribution in [0.2, 0.25) is 0 Å². The Morgan fingerprint density at radius 1 is 1.58 bits per heavy atom. The summed E-state index contributed by atoms with van der Waals surface area (Å²) in [5.74, 6) is 0.294. The molecule has 0 aliphatic heterocycles. The van der Waals surface area contributed by atoms with Crippen LogP contribution in [0.5, 0.6) is 5.75 Å². The molecule has 0 unspecified atom stereocenters. The predicted molar refractivity (Wildman–Crippen MR) is 39.4 cm³/mol. The van der Waals surface area contributed by atoms with E-state index in [0.29, 0.717) is 5.75 Å². The maximum atomic E-state index is 10.5. The molecule has 0 N–H and O–H groups in total. The first-order valence-corrected chi connectivity index (χ1v) is 3.00. The first-order chi connectivity index (χ1) is 5.83. The van der Waals surface area contributed by atoms with Gasteiger partial charge in [0.15, 0.2) is 0 Å². The molecule has 1 amide bonds. The van der Waals surface area contributed by atoms with Crippen molar-refractivity contribution >= 4 is 6.09 Å². The summed E-state index contributed by atoms with van der Waals surface area (Å²) in [5, 5.41) is 2.72. The lowest BCUT2D eigenvalue weighted by atomic mass is 10.5. The van der Waals surface area contributed by atoms with E-state index in [1.807, 2.05) is 0 Å². The van der Waals surface area contributed by atoms with Crippen molar-refractivity contribution in [1.82, 2.24) is 4.98 Å². The van der Waals surface area contributed by atoms with Crippen molar-refractivity contribution in [3.63, 3.8) is 0 Å². The molecule has 0 fully saturated rings. The average molecular weight is 164 g/mol.